The van der Waals surface area contributed by atoms with E-state index in [9.17, 15) is 4.79 Å². The van der Waals surface area contributed by atoms with Gasteiger partial charge in [-0.2, -0.15) is 0 Å². The van der Waals surface area contributed by atoms with Crippen molar-refractivity contribution in [1.82, 2.24) is 0 Å². The SMILES string of the molecule is C=CCOc1c(C)c(C)c2c(c1C)CCC(C)(COc1ccc(/C=C(/COCC)C(=O)OCC)cc1)O2. The molecule has 2 aromatic carbocycles. The molecular weight excluding hydrogens is 468 g/mol. The normalized spacial score (nSPS) is 17.0. The lowest BCUT2D eigenvalue weighted by Gasteiger charge is -2.38. The Hall–Kier alpha value is -3.25. The van der Waals surface area contributed by atoms with Crippen molar-refractivity contribution in [3.05, 3.63) is 70.3 Å². The zero-order valence-electron chi connectivity index (χ0n) is 23.1. The highest BCUT2D eigenvalue weighted by Crippen LogP contribution is 2.43. The van der Waals surface area contributed by atoms with Crippen molar-refractivity contribution in [2.24, 2.45) is 0 Å². The van der Waals surface area contributed by atoms with Gasteiger partial charge in [-0.05, 0) is 94.8 Å². The molecule has 0 spiro atoms. The third kappa shape index (κ3) is 6.95. The number of hydrogen-bond acceptors (Lipinski definition) is 6. The Morgan fingerprint density at radius 3 is 2.43 bits per heavy atom. The van der Waals surface area contributed by atoms with Gasteiger partial charge in [0.25, 0.3) is 0 Å². The van der Waals surface area contributed by atoms with Crippen LogP contribution in [0.4, 0.5) is 0 Å². The number of ether oxygens (including phenoxy) is 5. The standard InChI is InChI=1S/C31H40O6/c1-8-17-35-28-21(4)22(5)29-27(23(28)6)15-16-31(7,37-29)20-36-26-13-11-24(12-14-26)18-25(19-33-9-2)30(32)34-10-3/h8,11-14,18H,1,9-10,15-17,19-20H2,2-7H3/b25-18-. The average Bonchev–Trinajstić information content (AvgIpc) is 2.89. The number of esters is 1. The van der Waals surface area contributed by atoms with Gasteiger partial charge in [-0.3, -0.25) is 0 Å². The first kappa shape index (κ1) is 28.3. The summed E-state index contributed by atoms with van der Waals surface area (Å²) in [5.41, 5.74) is 5.45. The molecule has 3 rings (SSSR count). The van der Waals surface area contributed by atoms with Gasteiger partial charge < -0.3 is 23.7 Å². The molecule has 0 saturated carbocycles. The minimum Gasteiger partial charge on any atom is -0.489 e. The van der Waals surface area contributed by atoms with Gasteiger partial charge in [-0.25, -0.2) is 4.79 Å². The van der Waals surface area contributed by atoms with Crippen LogP contribution in [0.5, 0.6) is 17.2 Å². The van der Waals surface area contributed by atoms with Gasteiger partial charge >= 0.3 is 5.97 Å². The van der Waals surface area contributed by atoms with Crippen LogP contribution in [0.1, 0.15) is 55.0 Å². The maximum Gasteiger partial charge on any atom is 0.336 e. The fourth-order valence-electron chi connectivity index (χ4n) is 4.43. The summed E-state index contributed by atoms with van der Waals surface area (Å²) >= 11 is 0. The van der Waals surface area contributed by atoms with Gasteiger partial charge in [-0.15, -0.1) is 0 Å². The van der Waals surface area contributed by atoms with Crippen LogP contribution in [-0.2, 0) is 20.7 Å². The van der Waals surface area contributed by atoms with Crippen LogP contribution < -0.4 is 14.2 Å². The highest BCUT2D eigenvalue weighted by molar-refractivity contribution is 5.94. The van der Waals surface area contributed by atoms with Crippen molar-refractivity contribution in [3.8, 4) is 17.2 Å². The topological polar surface area (TPSA) is 63.2 Å². The summed E-state index contributed by atoms with van der Waals surface area (Å²) in [5, 5.41) is 0. The summed E-state index contributed by atoms with van der Waals surface area (Å²) < 4.78 is 29.3. The Morgan fingerprint density at radius 1 is 1.05 bits per heavy atom. The lowest BCUT2D eigenvalue weighted by molar-refractivity contribution is -0.139. The van der Waals surface area contributed by atoms with Crippen molar-refractivity contribution >= 4 is 12.0 Å². The average molecular weight is 509 g/mol. The third-order valence-corrected chi connectivity index (χ3v) is 6.67. The van der Waals surface area contributed by atoms with E-state index in [1.165, 1.54) is 5.56 Å². The Morgan fingerprint density at radius 2 is 1.78 bits per heavy atom. The predicted molar refractivity (Wildman–Crippen MR) is 147 cm³/mol. The van der Waals surface area contributed by atoms with Crippen LogP contribution in [-0.4, -0.2) is 44.6 Å². The summed E-state index contributed by atoms with van der Waals surface area (Å²) in [6.45, 7) is 17.8. The summed E-state index contributed by atoms with van der Waals surface area (Å²) in [6.07, 6.45) is 5.29. The van der Waals surface area contributed by atoms with E-state index >= 15 is 0 Å². The number of carbonyl (C=O) groups is 1. The van der Waals surface area contributed by atoms with E-state index in [0.29, 0.717) is 32.0 Å². The minimum absolute atomic E-state index is 0.213. The molecule has 1 heterocycles. The Bertz CT molecular complexity index is 1130. The molecule has 200 valence electrons. The van der Waals surface area contributed by atoms with Crippen LogP contribution >= 0.6 is 0 Å². The largest absolute Gasteiger partial charge is 0.489 e. The zero-order chi connectivity index (χ0) is 27.0. The van der Waals surface area contributed by atoms with Gasteiger partial charge in [-0.1, -0.05) is 24.8 Å². The predicted octanol–water partition coefficient (Wildman–Crippen LogP) is 6.32. The molecule has 0 aromatic heterocycles. The quantitative estimate of drug-likeness (QED) is 0.190. The second-order valence-electron chi connectivity index (χ2n) is 9.55. The lowest BCUT2D eigenvalue weighted by atomic mass is 9.87. The van der Waals surface area contributed by atoms with Crippen molar-refractivity contribution in [1.29, 1.82) is 0 Å². The molecule has 6 heteroatoms. The fraction of sp³-hybridized carbons (Fsp3) is 0.452. The highest BCUT2D eigenvalue weighted by Gasteiger charge is 2.35. The van der Waals surface area contributed by atoms with E-state index in [1.54, 1.807) is 19.1 Å². The smallest absolute Gasteiger partial charge is 0.336 e. The minimum atomic E-state index is -0.451. The molecule has 2 aromatic rings. The molecule has 1 aliphatic heterocycles. The first-order valence-electron chi connectivity index (χ1n) is 13.0. The monoisotopic (exact) mass is 508 g/mol. The number of benzene rings is 2. The Kier molecular flexibility index (Phi) is 9.81. The molecule has 0 aliphatic carbocycles. The van der Waals surface area contributed by atoms with E-state index in [4.69, 9.17) is 23.7 Å². The van der Waals surface area contributed by atoms with Gasteiger partial charge in [0.1, 0.15) is 36.1 Å². The van der Waals surface area contributed by atoms with Gasteiger partial charge in [0.15, 0.2) is 0 Å². The second kappa shape index (κ2) is 12.8. The maximum absolute atomic E-state index is 12.2. The van der Waals surface area contributed by atoms with E-state index in [1.807, 2.05) is 31.2 Å². The van der Waals surface area contributed by atoms with Crippen LogP contribution in [0, 0.1) is 20.8 Å². The van der Waals surface area contributed by atoms with E-state index in [2.05, 4.69) is 34.3 Å². The number of rotatable bonds is 12. The summed E-state index contributed by atoms with van der Waals surface area (Å²) in [6, 6.07) is 7.64. The first-order chi connectivity index (χ1) is 17.7. The number of carbonyl (C=O) groups excluding carboxylic acids is 1. The molecule has 6 nitrogen and oxygen atoms in total. The molecular formula is C31H40O6. The number of fused-ring (bicyclic) bond motifs is 1. The maximum atomic E-state index is 12.2. The van der Waals surface area contributed by atoms with E-state index in [-0.39, 0.29) is 12.6 Å². The molecule has 0 N–H and O–H groups in total. The highest BCUT2D eigenvalue weighted by atomic mass is 16.5. The molecule has 0 radical (unpaired) electrons. The summed E-state index contributed by atoms with van der Waals surface area (Å²) in [7, 11) is 0. The van der Waals surface area contributed by atoms with Crippen LogP contribution in [0.15, 0.2) is 42.5 Å². The van der Waals surface area contributed by atoms with E-state index < -0.39 is 5.60 Å². The fourth-order valence-corrected chi connectivity index (χ4v) is 4.43. The molecule has 0 fully saturated rings. The molecule has 1 aliphatic rings. The van der Waals surface area contributed by atoms with Crippen LogP contribution in [0.2, 0.25) is 0 Å². The lowest BCUT2D eigenvalue weighted by Crippen LogP contribution is -2.42. The molecule has 1 atom stereocenters. The van der Waals surface area contributed by atoms with Crippen molar-refractivity contribution in [2.75, 3.05) is 33.0 Å². The van der Waals surface area contributed by atoms with Gasteiger partial charge in [0.2, 0.25) is 0 Å². The van der Waals surface area contributed by atoms with Gasteiger partial charge in [0.05, 0.1) is 18.8 Å². The Labute approximate surface area is 221 Å². The summed E-state index contributed by atoms with van der Waals surface area (Å²) in [4.78, 5) is 12.2. The Balaban J connectivity index is 1.70. The molecule has 0 saturated heterocycles. The van der Waals surface area contributed by atoms with Crippen LogP contribution in [0.25, 0.3) is 6.08 Å². The first-order valence-corrected chi connectivity index (χ1v) is 13.0. The zero-order valence-corrected chi connectivity index (χ0v) is 23.1. The molecule has 0 amide bonds. The van der Waals surface area contributed by atoms with Crippen molar-refractivity contribution < 1.29 is 28.5 Å². The van der Waals surface area contributed by atoms with Crippen molar-refractivity contribution in [3.63, 3.8) is 0 Å². The van der Waals surface area contributed by atoms with Gasteiger partial charge in [0, 0.05) is 12.2 Å². The number of hydrogen-bond donors (Lipinski definition) is 0. The van der Waals surface area contributed by atoms with E-state index in [0.717, 1.165) is 52.3 Å². The second-order valence-corrected chi connectivity index (χ2v) is 9.55. The van der Waals surface area contributed by atoms with Crippen molar-refractivity contribution in [2.45, 2.75) is 60.0 Å². The molecule has 0 bridgehead atoms. The molecule has 1 unspecified atom stereocenters. The van der Waals surface area contributed by atoms with Crippen LogP contribution in [0.3, 0.4) is 0 Å². The summed E-state index contributed by atoms with van der Waals surface area (Å²) in [5.74, 6) is 2.26. The third-order valence-electron chi connectivity index (χ3n) is 6.67. The molecule has 37 heavy (non-hydrogen) atoms.